The molecule has 100 valence electrons. The van der Waals surface area contributed by atoms with Gasteiger partial charge in [-0.1, -0.05) is 23.9 Å². The molecular weight excluding hydrogens is 256 g/mol. The summed E-state index contributed by atoms with van der Waals surface area (Å²) in [6.45, 7) is 2.76. The first-order valence-corrected chi connectivity index (χ1v) is 6.95. The molecule has 0 bridgehead atoms. The van der Waals surface area contributed by atoms with E-state index in [2.05, 4.69) is 5.32 Å². The Labute approximate surface area is 110 Å². The fourth-order valence-corrected chi connectivity index (χ4v) is 2.74. The molecule has 0 amide bonds. The molecule has 2 unspecified atom stereocenters. The van der Waals surface area contributed by atoms with Gasteiger partial charge in [0.1, 0.15) is 0 Å². The van der Waals surface area contributed by atoms with Gasteiger partial charge >= 0.3 is 0 Å². The summed E-state index contributed by atoms with van der Waals surface area (Å²) in [5.74, 6) is -2.39. The average Bonchev–Trinajstić information content (AvgIpc) is 2.31. The molecule has 1 aromatic rings. The average molecular weight is 273 g/mol. The van der Waals surface area contributed by atoms with E-state index in [-0.39, 0.29) is 6.10 Å². The van der Waals surface area contributed by atoms with Gasteiger partial charge in [0.2, 0.25) is 0 Å². The van der Waals surface area contributed by atoms with Gasteiger partial charge in [0, 0.05) is 23.2 Å². The van der Waals surface area contributed by atoms with Gasteiger partial charge in [-0.05, 0) is 31.9 Å². The molecule has 0 aliphatic carbocycles. The standard InChI is InChI=1S/C13H17F2NOS/c1-9-8-10(6-7-17-9)16-11-4-2-3-5-12(11)18-13(14)15/h2-5,9-10,13,16H,6-8H2,1H3. The van der Waals surface area contributed by atoms with Crippen molar-refractivity contribution in [3.8, 4) is 0 Å². The van der Waals surface area contributed by atoms with Crippen LogP contribution in [0.25, 0.3) is 0 Å². The molecule has 0 radical (unpaired) electrons. The normalized spacial score (nSPS) is 24.2. The Kier molecular flexibility index (Phi) is 4.83. The Morgan fingerprint density at radius 2 is 2.17 bits per heavy atom. The molecule has 1 aromatic carbocycles. The lowest BCUT2D eigenvalue weighted by Crippen LogP contribution is -2.32. The maximum Gasteiger partial charge on any atom is 0.288 e. The molecule has 0 spiro atoms. The molecule has 2 atom stereocenters. The lowest BCUT2D eigenvalue weighted by atomic mass is 10.0. The highest BCUT2D eigenvalue weighted by Crippen LogP contribution is 2.32. The van der Waals surface area contributed by atoms with E-state index in [9.17, 15) is 8.78 Å². The Morgan fingerprint density at radius 1 is 1.39 bits per heavy atom. The molecule has 1 aliphatic rings. The zero-order chi connectivity index (χ0) is 13.0. The van der Waals surface area contributed by atoms with Crippen LogP contribution in [0.2, 0.25) is 0 Å². The fourth-order valence-electron chi connectivity index (χ4n) is 2.13. The molecule has 0 saturated carbocycles. The Balaban J connectivity index is 2.03. The molecule has 2 rings (SSSR count). The highest BCUT2D eigenvalue weighted by molar-refractivity contribution is 7.99. The van der Waals surface area contributed by atoms with Gasteiger partial charge in [0.15, 0.2) is 0 Å². The van der Waals surface area contributed by atoms with Crippen molar-refractivity contribution in [1.29, 1.82) is 0 Å². The largest absolute Gasteiger partial charge is 0.381 e. The summed E-state index contributed by atoms with van der Waals surface area (Å²) in [6.07, 6.45) is 2.05. The van der Waals surface area contributed by atoms with Crippen molar-refractivity contribution in [2.24, 2.45) is 0 Å². The zero-order valence-corrected chi connectivity index (χ0v) is 11.1. The van der Waals surface area contributed by atoms with Crippen LogP contribution < -0.4 is 5.32 Å². The lowest BCUT2D eigenvalue weighted by molar-refractivity contribution is 0.0232. The summed E-state index contributed by atoms with van der Waals surface area (Å²) >= 11 is 0.587. The van der Waals surface area contributed by atoms with E-state index < -0.39 is 5.76 Å². The van der Waals surface area contributed by atoms with Crippen molar-refractivity contribution in [3.05, 3.63) is 24.3 Å². The van der Waals surface area contributed by atoms with Crippen LogP contribution in [-0.4, -0.2) is 24.5 Å². The molecule has 18 heavy (non-hydrogen) atoms. The second-order valence-electron chi connectivity index (χ2n) is 4.42. The van der Waals surface area contributed by atoms with Crippen molar-refractivity contribution in [2.45, 2.75) is 42.6 Å². The van der Waals surface area contributed by atoms with Gasteiger partial charge in [-0.3, -0.25) is 0 Å². The van der Waals surface area contributed by atoms with E-state index in [1.54, 1.807) is 12.1 Å². The van der Waals surface area contributed by atoms with E-state index in [1.807, 2.05) is 19.1 Å². The van der Waals surface area contributed by atoms with Crippen LogP contribution in [0.5, 0.6) is 0 Å². The van der Waals surface area contributed by atoms with Gasteiger partial charge < -0.3 is 10.1 Å². The van der Waals surface area contributed by atoms with Crippen molar-refractivity contribution in [3.63, 3.8) is 0 Å². The summed E-state index contributed by atoms with van der Waals surface area (Å²) in [5.41, 5.74) is 0.793. The highest BCUT2D eigenvalue weighted by Gasteiger charge is 2.20. The number of para-hydroxylation sites is 1. The fraction of sp³-hybridized carbons (Fsp3) is 0.538. The van der Waals surface area contributed by atoms with Crippen LogP contribution in [-0.2, 0) is 4.74 Å². The zero-order valence-electron chi connectivity index (χ0n) is 10.2. The molecule has 1 saturated heterocycles. The van der Waals surface area contributed by atoms with Gasteiger partial charge in [-0.2, -0.15) is 8.78 Å². The number of alkyl halides is 2. The summed E-state index contributed by atoms with van der Waals surface area (Å²) < 4.78 is 30.4. The Hall–Kier alpha value is -0.810. The van der Waals surface area contributed by atoms with Crippen LogP contribution in [0, 0.1) is 0 Å². The predicted octanol–water partition coefficient (Wildman–Crippen LogP) is 3.98. The van der Waals surface area contributed by atoms with Gasteiger partial charge in [0.05, 0.1) is 6.10 Å². The van der Waals surface area contributed by atoms with Crippen molar-refractivity contribution in [2.75, 3.05) is 11.9 Å². The second kappa shape index (κ2) is 6.38. The van der Waals surface area contributed by atoms with Crippen LogP contribution in [0.4, 0.5) is 14.5 Å². The van der Waals surface area contributed by atoms with E-state index in [4.69, 9.17) is 4.74 Å². The molecule has 5 heteroatoms. The van der Waals surface area contributed by atoms with E-state index in [1.165, 1.54) is 0 Å². The van der Waals surface area contributed by atoms with Crippen LogP contribution in [0.15, 0.2) is 29.2 Å². The maximum absolute atomic E-state index is 12.5. The summed E-state index contributed by atoms with van der Waals surface area (Å²) in [5, 5.41) is 3.35. The minimum atomic E-state index is -2.39. The number of halogens is 2. The molecular formula is C13H17F2NOS. The summed E-state index contributed by atoms with van der Waals surface area (Å²) in [6, 6.07) is 7.52. The number of nitrogens with one attached hydrogen (secondary N) is 1. The number of benzene rings is 1. The Morgan fingerprint density at radius 3 is 2.89 bits per heavy atom. The second-order valence-corrected chi connectivity index (χ2v) is 5.45. The van der Waals surface area contributed by atoms with Gasteiger partial charge in [0.25, 0.3) is 5.76 Å². The molecule has 0 aromatic heterocycles. The van der Waals surface area contributed by atoms with Gasteiger partial charge in [-0.15, -0.1) is 0 Å². The number of hydrogen-bond acceptors (Lipinski definition) is 3. The van der Waals surface area contributed by atoms with Crippen LogP contribution in [0.3, 0.4) is 0 Å². The quantitative estimate of drug-likeness (QED) is 0.838. The van der Waals surface area contributed by atoms with Crippen molar-refractivity contribution < 1.29 is 13.5 Å². The summed E-state index contributed by atoms with van der Waals surface area (Å²) in [7, 11) is 0. The first kappa shape index (κ1) is 13.6. The van der Waals surface area contributed by atoms with Crippen LogP contribution >= 0.6 is 11.8 Å². The first-order valence-electron chi connectivity index (χ1n) is 6.07. The highest BCUT2D eigenvalue weighted by atomic mass is 32.2. The Bertz CT molecular complexity index is 389. The monoisotopic (exact) mass is 273 g/mol. The van der Waals surface area contributed by atoms with E-state index >= 15 is 0 Å². The third-order valence-electron chi connectivity index (χ3n) is 2.95. The van der Waals surface area contributed by atoms with E-state index in [0.29, 0.717) is 22.7 Å². The maximum atomic E-state index is 12.5. The van der Waals surface area contributed by atoms with Crippen molar-refractivity contribution >= 4 is 17.4 Å². The predicted molar refractivity (Wildman–Crippen MR) is 70.4 cm³/mol. The number of rotatable bonds is 4. The smallest absolute Gasteiger partial charge is 0.288 e. The third-order valence-corrected chi connectivity index (χ3v) is 3.74. The minimum Gasteiger partial charge on any atom is -0.381 e. The van der Waals surface area contributed by atoms with Gasteiger partial charge in [-0.25, -0.2) is 0 Å². The molecule has 1 aliphatic heterocycles. The van der Waals surface area contributed by atoms with Crippen LogP contribution in [0.1, 0.15) is 19.8 Å². The molecule has 1 heterocycles. The number of hydrogen-bond donors (Lipinski definition) is 1. The molecule has 2 nitrogen and oxygen atoms in total. The topological polar surface area (TPSA) is 21.3 Å². The van der Waals surface area contributed by atoms with Crippen molar-refractivity contribution in [1.82, 2.24) is 0 Å². The SMILES string of the molecule is CC1CC(Nc2ccccc2SC(F)F)CCO1. The van der Waals surface area contributed by atoms with E-state index in [0.717, 1.165) is 25.1 Å². The number of ether oxygens (including phenoxy) is 1. The number of anilines is 1. The first-order chi connectivity index (χ1) is 8.65. The molecule has 1 N–H and O–H groups in total. The summed E-state index contributed by atoms with van der Waals surface area (Å²) in [4.78, 5) is 0.603. The molecule has 1 fully saturated rings. The lowest BCUT2D eigenvalue weighted by Gasteiger charge is -2.29. The number of thioether (sulfide) groups is 1. The minimum absolute atomic E-state index is 0.228. The third kappa shape index (κ3) is 3.85.